The number of amides is 3. The second-order valence-electron chi connectivity index (χ2n) is 12.7. The summed E-state index contributed by atoms with van der Waals surface area (Å²) >= 11 is 0. The van der Waals surface area contributed by atoms with Crippen LogP contribution < -0.4 is 10.6 Å². The van der Waals surface area contributed by atoms with Crippen LogP contribution in [0.4, 0.5) is 36.8 Å². The molecule has 0 saturated carbocycles. The van der Waals surface area contributed by atoms with Crippen LogP contribution in [0.2, 0.25) is 0 Å². The molecule has 0 atom stereocenters. The van der Waals surface area contributed by atoms with Crippen molar-refractivity contribution < 1.29 is 35.9 Å². The van der Waals surface area contributed by atoms with Crippen molar-refractivity contribution in [3.8, 4) is 0 Å². The minimum Gasteiger partial charge on any atom is -0.349 e. The molecule has 6 nitrogen and oxygen atoms in total. The Hall–Kier alpha value is -4.32. The number of hydrogen-bond acceptors (Lipinski definition) is 3. The van der Waals surface area contributed by atoms with Gasteiger partial charge < -0.3 is 15.5 Å². The maximum absolute atomic E-state index is 13.4. The highest BCUT2D eigenvalue weighted by Gasteiger charge is 2.32. The summed E-state index contributed by atoms with van der Waals surface area (Å²) in [6, 6.07) is 14.9. The van der Waals surface area contributed by atoms with Gasteiger partial charge in [0.2, 0.25) is 0 Å². The Bertz CT molecular complexity index is 1670. The molecule has 1 aliphatic carbocycles. The Labute approximate surface area is 274 Å². The van der Waals surface area contributed by atoms with E-state index >= 15 is 0 Å². The molecular weight excluding hydrogens is 634 g/mol. The SMILES string of the molecule is O=C(NC1CCN(C(=O)Nc2ccc(C(F)(F)F)cc2)CC1)c1ccc2c(c1)C1=C(CCC2)CCN(Cc2ccc(C(F)(F)F)cc2)C1. The summed E-state index contributed by atoms with van der Waals surface area (Å²) in [5.74, 6) is -0.200. The van der Waals surface area contributed by atoms with Crippen molar-refractivity contribution in [3.05, 3.63) is 106 Å². The average Bonchev–Trinajstić information content (AvgIpc) is 3.23. The number of likely N-dealkylation sites (tertiary alicyclic amines) is 1. The third-order valence-corrected chi connectivity index (χ3v) is 9.43. The second kappa shape index (κ2) is 13.7. The van der Waals surface area contributed by atoms with Crippen LogP contribution >= 0.6 is 0 Å². The summed E-state index contributed by atoms with van der Waals surface area (Å²) in [7, 11) is 0. The summed E-state index contributed by atoms with van der Waals surface area (Å²) in [4.78, 5) is 29.9. The quantitative estimate of drug-likeness (QED) is 0.270. The normalized spacial score (nSPS) is 17.8. The monoisotopic (exact) mass is 670 g/mol. The maximum atomic E-state index is 13.4. The van der Waals surface area contributed by atoms with E-state index in [-0.39, 0.29) is 17.6 Å². The number of aryl methyl sites for hydroxylation is 1. The van der Waals surface area contributed by atoms with E-state index in [1.54, 1.807) is 4.90 Å². The lowest BCUT2D eigenvalue weighted by Gasteiger charge is -2.32. The molecule has 0 aromatic heterocycles. The number of piperidine rings is 1. The summed E-state index contributed by atoms with van der Waals surface area (Å²) in [6.45, 7) is 2.77. The van der Waals surface area contributed by atoms with E-state index in [1.807, 2.05) is 18.2 Å². The lowest BCUT2D eigenvalue weighted by molar-refractivity contribution is -0.138. The van der Waals surface area contributed by atoms with Crippen molar-refractivity contribution in [2.75, 3.05) is 31.5 Å². The van der Waals surface area contributed by atoms with Crippen LogP contribution in [0.5, 0.6) is 0 Å². The molecule has 0 spiro atoms. The molecule has 2 heterocycles. The van der Waals surface area contributed by atoms with Crippen molar-refractivity contribution in [1.82, 2.24) is 15.1 Å². The van der Waals surface area contributed by atoms with Crippen molar-refractivity contribution in [2.24, 2.45) is 0 Å². The third kappa shape index (κ3) is 7.86. The zero-order valence-electron chi connectivity index (χ0n) is 26.2. The number of nitrogens with zero attached hydrogens (tertiary/aromatic N) is 2. The number of fused-ring (bicyclic) bond motifs is 2. The molecule has 0 bridgehead atoms. The lowest BCUT2D eigenvalue weighted by atomic mass is 9.90. The predicted molar refractivity (Wildman–Crippen MR) is 170 cm³/mol. The summed E-state index contributed by atoms with van der Waals surface area (Å²) in [5, 5.41) is 5.74. The minimum atomic E-state index is -4.45. The van der Waals surface area contributed by atoms with Gasteiger partial charge in [0, 0.05) is 50.0 Å². The Morgan fingerprint density at radius 1 is 0.771 bits per heavy atom. The number of nitrogens with one attached hydrogen (secondary N) is 2. The minimum absolute atomic E-state index is 0.143. The summed E-state index contributed by atoms with van der Waals surface area (Å²) in [6.07, 6.45) is -3.99. The van der Waals surface area contributed by atoms with Crippen LogP contribution in [0.1, 0.15) is 70.3 Å². The molecule has 1 fully saturated rings. The van der Waals surface area contributed by atoms with Crippen LogP contribution in [0.3, 0.4) is 0 Å². The number of carbonyl (C=O) groups excluding carboxylic acids is 2. The van der Waals surface area contributed by atoms with Crippen LogP contribution in [0, 0.1) is 0 Å². The van der Waals surface area contributed by atoms with Gasteiger partial charge in [-0.15, -0.1) is 0 Å². The van der Waals surface area contributed by atoms with Crippen molar-refractivity contribution >= 4 is 23.2 Å². The first-order valence-electron chi connectivity index (χ1n) is 16.1. The highest BCUT2D eigenvalue weighted by molar-refractivity contribution is 5.96. The highest BCUT2D eigenvalue weighted by Crippen LogP contribution is 2.37. The van der Waals surface area contributed by atoms with Gasteiger partial charge >= 0.3 is 18.4 Å². The molecule has 0 unspecified atom stereocenters. The van der Waals surface area contributed by atoms with E-state index in [2.05, 4.69) is 15.5 Å². The second-order valence-corrected chi connectivity index (χ2v) is 12.7. The molecular formula is C36H36F6N4O2. The predicted octanol–water partition coefficient (Wildman–Crippen LogP) is 8.15. The average molecular weight is 671 g/mol. The molecule has 2 aliphatic heterocycles. The molecule has 254 valence electrons. The van der Waals surface area contributed by atoms with E-state index in [4.69, 9.17) is 0 Å². The standard InChI is InChI=1S/C36H36F6N4O2/c37-35(38,39)27-8-4-23(5-9-27)21-45-17-14-25-3-1-2-24-6-7-26(20-31(24)32(25)22-45)33(47)43-30-15-18-46(19-16-30)34(48)44-29-12-10-28(11-13-29)36(40,41)42/h4-13,20,30H,1-3,14-19,21-22H2,(H,43,47)(H,44,48). The topological polar surface area (TPSA) is 64.7 Å². The molecule has 3 amide bonds. The van der Waals surface area contributed by atoms with E-state index in [0.717, 1.165) is 67.6 Å². The molecule has 3 aromatic carbocycles. The van der Waals surface area contributed by atoms with Crippen molar-refractivity contribution in [2.45, 2.75) is 63.5 Å². The van der Waals surface area contributed by atoms with Gasteiger partial charge in [0.05, 0.1) is 11.1 Å². The molecule has 1 saturated heterocycles. The van der Waals surface area contributed by atoms with E-state index in [0.29, 0.717) is 44.6 Å². The Morgan fingerprint density at radius 3 is 2.06 bits per heavy atom. The Balaban J connectivity index is 1.06. The number of alkyl halides is 6. The van der Waals surface area contributed by atoms with Gasteiger partial charge in [-0.2, -0.15) is 26.3 Å². The number of halogens is 6. The van der Waals surface area contributed by atoms with E-state index in [9.17, 15) is 35.9 Å². The highest BCUT2D eigenvalue weighted by atomic mass is 19.4. The number of carbonyl (C=O) groups is 2. The zero-order chi connectivity index (χ0) is 34.1. The first kappa shape index (κ1) is 33.6. The van der Waals surface area contributed by atoms with Crippen LogP contribution in [0.15, 0.2) is 72.3 Å². The van der Waals surface area contributed by atoms with Crippen LogP contribution in [0.25, 0.3) is 5.57 Å². The molecule has 2 N–H and O–H groups in total. The van der Waals surface area contributed by atoms with E-state index < -0.39 is 29.5 Å². The van der Waals surface area contributed by atoms with Gasteiger partial charge in [-0.25, -0.2) is 4.79 Å². The number of benzene rings is 3. The Morgan fingerprint density at radius 2 is 1.42 bits per heavy atom. The fourth-order valence-corrected chi connectivity index (χ4v) is 6.75. The largest absolute Gasteiger partial charge is 0.416 e. The third-order valence-electron chi connectivity index (χ3n) is 9.43. The van der Waals surface area contributed by atoms with Gasteiger partial charge in [0.1, 0.15) is 0 Å². The van der Waals surface area contributed by atoms with Gasteiger partial charge in [0.25, 0.3) is 5.91 Å². The van der Waals surface area contributed by atoms with Gasteiger partial charge in [-0.1, -0.05) is 23.8 Å². The van der Waals surface area contributed by atoms with Crippen molar-refractivity contribution in [1.29, 1.82) is 0 Å². The Kier molecular flexibility index (Phi) is 9.55. The zero-order valence-corrected chi connectivity index (χ0v) is 26.2. The lowest BCUT2D eigenvalue weighted by Crippen LogP contribution is -2.47. The van der Waals surface area contributed by atoms with Gasteiger partial charge in [0.15, 0.2) is 0 Å². The maximum Gasteiger partial charge on any atom is 0.416 e. The molecule has 6 rings (SSSR count). The smallest absolute Gasteiger partial charge is 0.349 e. The van der Waals surface area contributed by atoms with Gasteiger partial charge in [-0.05, 0) is 109 Å². The fourth-order valence-electron chi connectivity index (χ4n) is 6.75. The molecule has 3 aliphatic rings. The first-order valence-corrected chi connectivity index (χ1v) is 16.1. The van der Waals surface area contributed by atoms with Crippen molar-refractivity contribution in [3.63, 3.8) is 0 Å². The first-order chi connectivity index (χ1) is 22.8. The van der Waals surface area contributed by atoms with E-state index in [1.165, 1.54) is 41.0 Å². The summed E-state index contributed by atoms with van der Waals surface area (Å²) < 4.78 is 77.6. The van der Waals surface area contributed by atoms with Gasteiger partial charge in [-0.3, -0.25) is 9.69 Å². The van der Waals surface area contributed by atoms with Crippen LogP contribution in [-0.4, -0.2) is 54.0 Å². The molecule has 3 aromatic rings. The molecule has 0 radical (unpaired) electrons. The van der Waals surface area contributed by atoms with Crippen LogP contribution in [-0.2, 0) is 25.3 Å². The molecule has 48 heavy (non-hydrogen) atoms. The number of rotatable bonds is 5. The number of hydrogen-bond donors (Lipinski definition) is 2. The number of urea groups is 1. The number of anilines is 1. The fraction of sp³-hybridized carbons (Fsp3) is 0.389. The summed E-state index contributed by atoms with van der Waals surface area (Å²) in [5.41, 5.74) is 4.99. The molecule has 12 heteroatoms.